The number of aryl methyl sites for hydroxylation is 1. The molecule has 1 aliphatic rings. The molecule has 0 bridgehead atoms. The van der Waals surface area contributed by atoms with Gasteiger partial charge in [0.1, 0.15) is 30.1 Å². The van der Waals surface area contributed by atoms with Crippen LogP contribution in [0.1, 0.15) is 30.8 Å². The van der Waals surface area contributed by atoms with Crippen molar-refractivity contribution in [2.45, 2.75) is 39.5 Å². The highest BCUT2D eigenvalue weighted by atomic mass is 16.5. The number of likely N-dealkylation sites (N-methyl/N-ethyl adjacent to an activating group) is 1. The lowest BCUT2D eigenvalue weighted by atomic mass is 10.1. The van der Waals surface area contributed by atoms with Crippen LogP contribution in [0.2, 0.25) is 0 Å². The molecule has 0 unspecified atom stereocenters. The molecule has 2 aromatic heterocycles. The second-order valence-electron chi connectivity index (χ2n) is 7.99. The van der Waals surface area contributed by atoms with Crippen LogP contribution >= 0.6 is 0 Å². The van der Waals surface area contributed by atoms with Crippen molar-refractivity contribution in [1.82, 2.24) is 19.5 Å². The molecule has 0 saturated heterocycles. The van der Waals surface area contributed by atoms with Gasteiger partial charge >= 0.3 is 5.69 Å². The Morgan fingerprint density at radius 3 is 2.68 bits per heavy atom. The fraction of sp³-hybridized carbons (Fsp3) is 0.318. The fourth-order valence-corrected chi connectivity index (χ4v) is 3.34. The average molecular weight is 418 g/mol. The van der Waals surface area contributed by atoms with E-state index in [1.807, 2.05) is 11.9 Å². The number of ether oxygens (including phenoxy) is 2. The van der Waals surface area contributed by atoms with Crippen molar-refractivity contribution in [3.8, 4) is 23.4 Å². The van der Waals surface area contributed by atoms with Crippen LogP contribution in [0.15, 0.2) is 41.5 Å². The average Bonchev–Trinajstić information content (AvgIpc) is 2.98. The molecule has 0 amide bonds. The van der Waals surface area contributed by atoms with Gasteiger partial charge in [0.05, 0.1) is 30.0 Å². The van der Waals surface area contributed by atoms with Crippen LogP contribution in [0.4, 0.5) is 5.82 Å². The lowest BCUT2D eigenvalue weighted by Gasteiger charge is -2.28. The minimum atomic E-state index is -0.341. The minimum Gasteiger partial charge on any atom is -0.473 e. The first-order valence-corrected chi connectivity index (χ1v) is 9.75. The van der Waals surface area contributed by atoms with Crippen molar-refractivity contribution in [3.05, 3.63) is 64.1 Å². The van der Waals surface area contributed by atoms with Crippen LogP contribution in [-0.4, -0.2) is 32.1 Å². The summed E-state index contributed by atoms with van der Waals surface area (Å²) in [5.74, 6) is 2.49. The maximum atomic E-state index is 12.4. The maximum absolute atomic E-state index is 12.4. The van der Waals surface area contributed by atoms with E-state index in [0.717, 1.165) is 11.4 Å². The van der Waals surface area contributed by atoms with Crippen LogP contribution in [0.25, 0.3) is 0 Å². The number of nitrogens with zero attached hydrogens (tertiary/aromatic N) is 6. The number of anilines is 1. The second-order valence-corrected chi connectivity index (χ2v) is 7.99. The van der Waals surface area contributed by atoms with Crippen LogP contribution in [-0.2, 0) is 13.2 Å². The van der Waals surface area contributed by atoms with E-state index in [4.69, 9.17) is 9.47 Å². The minimum absolute atomic E-state index is 0.158. The monoisotopic (exact) mass is 418 g/mol. The molecular weight excluding hydrogens is 396 g/mol. The van der Waals surface area contributed by atoms with Gasteiger partial charge in [-0.2, -0.15) is 10.2 Å². The van der Waals surface area contributed by atoms with Gasteiger partial charge in [0.15, 0.2) is 5.75 Å². The molecule has 3 heterocycles. The van der Waals surface area contributed by atoms with Crippen molar-refractivity contribution >= 4 is 5.82 Å². The fourth-order valence-electron chi connectivity index (χ4n) is 3.34. The van der Waals surface area contributed by atoms with E-state index in [-0.39, 0.29) is 23.7 Å². The summed E-state index contributed by atoms with van der Waals surface area (Å²) in [5.41, 5.74) is 0.587. The molecule has 4 rings (SSSR count). The number of rotatable bonds is 5. The molecule has 0 spiro atoms. The van der Waals surface area contributed by atoms with Crippen molar-refractivity contribution in [2.75, 3.05) is 11.9 Å². The van der Waals surface area contributed by atoms with Crippen molar-refractivity contribution < 1.29 is 9.47 Å². The molecule has 1 aliphatic heterocycles. The largest absolute Gasteiger partial charge is 0.473 e. The molecule has 0 saturated carbocycles. The third-order valence-electron chi connectivity index (χ3n) is 5.30. The molecule has 0 N–H and O–H groups in total. The van der Waals surface area contributed by atoms with Gasteiger partial charge in [0.25, 0.3) is 0 Å². The Balaban J connectivity index is 1.50. The van der Waals surface area contributed by atoms with Gasteiger partial charge < -0.3 is 14.4 Å². The van der Waals surface area contributed by atoms with Crippen LogP contribution < -0.4 is 20.1 Å². The first-order valence-electron chi connectivity index (χ1n) is 9.75. The Kier molecular flexibility index (Phi) is 5.07. The van der Waals surface area contributed by atoms with E-state index in [0.29, 0.717) is 29.4 Å². The SMILES string of the molecule is Cc1ncc(Oc2ccc(COc3cc4n(c(=O)n3)CC(C)(C)N4C)cc2C#N)cn1. The van der Waals surface area contributed by atoms with Gasteiger partial charge in [-0.3, -0.25) is 4.57 Å². The molecule has 3 aromatic rings. The Bertz CT molecular complexity index is 1230. The van der Waals surface area contributed by atoms with E-state index >= 15 is 0 Å². The highest BCUT2D eigenvalue weighted by Gasteiger charge is 2.34. The van der Waals surface area contributed by atoms with Crippen LogP contribution in [0, 0.1) is 18.3 Å². The van der Waals surface area contributed by atoms with Crippen LogP contribution in [0.5, 0.6) is 17.4 Å². The number of benzene rings is 1. The van der Waals surface area contributed by atoms with Crippen molar-refractivity contribution in [2.24, 2.45) is 0 Å². The molecule has 0 atom stereocenters. The summed E-state index contributed by atoms with van der Waals surface area (Å²) in [6, 6.07) is 9.05. The predicted octanol–water partition coefficient (Wildman–Crippen LogP) is 2.81. The zero-order valence-corrected chi connectivity index (χ0v) is 17.8. The number of aromatic nitrogens is 4. The lowest BCUT2D eigenvalue weighted by Crippen LogP contribution is -2.38. The number of hydrogen-bond acceptors (Lipinski definition) is 8. The molecule has 9 nitrogen and oxygen atoms in total. The first kappa shape index (κ1) is 20.3. The Morgan fingerprint density at radius 1 is 1.23 bits per heavy atom. The summed E-state index contributed by atoms with van der Waals surface area (Å²) in [4.78, 5) is 26.6. The van der Waals surface area contributed by atoms with Crippen molar-refractivity contribution in [1.29, 1.82) is 5.26 Å². The van der Waals surface area contributed by atoms with E-state index in [1.54, 1.807) is 48.1 Å². The normalized spacial score (nSPS) is 14.1. The topological polar surface area (TPSA) is 106 Å². The summed E-state index contributed by atoms with van der Waals surface area (Å²) in [6.45, 7) is 6.64. The zero-order chi connectivity index (χ0) is 22.2. The number of hydrogen-bond donors (Lipinski definition) is 0. The third kappa shape index (κ3) is 4.05. The molecule has 158 valence electrons. The molecule has 0 radical (unpaired) electrons. The van der Waals surface area contributed by atoms with Crippen molar-refractivity contribution in [3.63, 3.8) is 0 Å². The molecule has 1 aromatic carbocycles. The molecule has 9 heteroatoms. The Hall–Kier alpha value is -3.93. The second kappa shape index (κ2) is 7.72. The van der Waals surface area contributed by atoms with E-state index in [2.05, 4.69) is 34.9 Å². The van der Waals surface area contributed by atoms with Gasteiger partial charge in [-0.15, -0.1) is 0 Å². The molecule has 31 heavy (non-hydrogen) atoms. The summed E-state index contributed by atoms with van der Waals surface area (Å²) < 4.78 is 13.1. The summed E-state index contributed by atoms with van der Waals surface area (Å²) >= 11 is 0. The van der Waals surface area contributed by atoms with E-state index in [9.17, 15) is 10.1 Å². The van der Waals surface area contributed by atoms with E-state index in [1.165, 1.54) is 0 Å². The summed E-state index contributed by atoms with van der Waals surface area (Å²) in [6.07, 6.45) is 3.10. The highest BCUT2D eigenvalue weighted by Crippen LogP contribution is 2.32. The van der Waals surface area contributed by atoms with Gasteiger partial charge in [0, 0.05) is 13.1 Å². The first-order chi connectivity index (χ1) is 14.8. The summed E-state index contributed by atoms with van der Waals surface area (Å²) in [7, 11) is 1.94. The van der Waals surface area contributed by atoms with Gasteiger partial charge in [0.2, 0.25) is 5.88 Å². The van der Waals surface area contributed by atoms with Crippen LogP contribution in [0.3, 0.4) is 0 Å². The highest BCUT2D eigenvalue weighted by molar-refractivity contribution is 5.49. The lowest BCUT2D eigenvalue weighted by molar-refractivity contribution is 0.291. The van der Waals surface area contributed by atoms with Gasteiger partial charge in [-0.05, 0) is 38.5 Å². The molecular formula is C22H22N6O3. The Labute approximate surface area is 179 Å². The molecule has 0 aliphatic carbocycles. The zero-order valence-electron chi connectivity index (χ0n) is 17.8. The molecule has 0 fully saturated rings. The number of fused-ring (bicyclic) bond motifs is 1. The third-order valence-corrected chi connectivity index (χ3v) is 5.30. The van der Waals surface area contributed by atoms with E-state index < -0.39 is 0 Å². The summed E-state index contributed by atoms with van der Waals surface area (Å²) in [5, 5.41) is 9.51. The smallest absolute Gasteiger partial charge is 0.352 e. The van der Waals surface area contributed by atoms with Gasteiger partial charge in [-0.1, -0.05) is 6.07 Å². The van der Waals surface area contributed by atoms with Gasteiger partial charge in [-0.25, -0.2) is 14.8 Å². The maximum Gasteiger partial charge on any atom is 0.352 e. The quantitative estimate of drug-likeness (QED) is 0.623. The Morgan fingerprint density at radius 2 is 1.97 bits per heavy atom. The number of nitriles is 1. The predicted molar refractivity (Wildman–Crippen MR) is 113 cm³/mol. The standard InChI is InChI=1S/C22H22N6O3/c1-14-24-10-17(11-25-14)31-18-6-5-15(7-16(18)9-23)12-30-19-8-20-27(4)22(2,3)13-28(20)21(29)26-19/h5-8,10-11H,12-13H2,1-4H3.